The molecule has 3 rings (SSSR count). The number of hydrogen-bond donors (Lipinski definition) is 2. The number of halogens is 1. The van der Waals surface area contributed by atoms with Crippen molar-refractivity contribution in [2.45, 2.75) is 12.8 Å². The lowest BCUT2D eigenvalue weighted by atomic mass is 9.95. The van der Waals surface area contributed by atoms with E-state index in [-0.39, 0.29) is 23.6 Å². The Bertz CT molecular complexity index is 859. The molecule has 2 aromatic carbocycles. The number of primary amides is 1. The van der Waals surface area contributed by atoms with Crippen molar-refractivity contribution in [1.29, 1.82) is 0 Å². The van der Waals surface area contributed by atoms with E-state index in [2.05, 4.69) is 21.2 Å². The van der Waals surface area contributed by atoms with Crippen LogP contribution in [0.25, 0.3) is 0 Å². The third-order valence-electron chi connectivity index (χ3n) is 4.70. The van der Waals surface area contributed by atoms with Gasteiger partial charge >= 0.3 is 0 Å². The van der Waals surface area contributed by atoms with Gasteiger partial charge in [-0.05, 0) is 49.2 Å². The third-order valence-corrected chi connectivity index (χ3v) is 5.23. The van der Waals surface area contributed by atoms with Gasteiger partial charge in [-0.2, -0.15) is 0 Å². The van der Waals surface area contributed by atoms with Crippen molar-refractivity contribution in [3.05, 3.63) is 64.1 Å². The number of amides is 3. The fourth-order valence-corrected chi connectivity index (χ4v) is 3.38. The summed E-state index contributed by atoms with van der Waals surface area (Å²) in [7, 11) is 0. The number of carbonyl (C=O) groups is 3. The molecule has 0 bridgehead atoms. The Morgan fingerprint density at radius 2 is 1.63 bits per heavy atom. The number of nitrogens with two attached hydrogens (primary N) is 1. The van der Waals surface area contributed by atoms with Crippen molar-refractivity contribution < 1.29 is 14.4 Å². The van der Waals surface area contributed by atoms with Crippen LogP contribution in [0.3, 0.4) is 0 Å². The molecule has 27 heavy (non-hydrogen) atoms. The molecule has 6 nitrogen and oxygen atoms in total. The highest BCUT2D eigenvalue weighted by molar-refractivity contribution is 9.10. The average molecular weight is 430 g/mol. The number of para-hydroxylation sites is 1. The zero-order valence-corrected chi connectivity index (χ0v) is 16.2. The van der Waals surface area contributed by atoms with Crippen molar-refractivity contribution in [2.24, 2.45) is 11.7 Å². The topological polar surface area (TPSA) is 92.5 Å². The van der Waals surface area contributed by atoms with E-state index in [4.69, 9.17) is 5.73 Å². The zero-order valence-electron chi connectivity index (χ0n) is 14.7. The summed E-state index contributed by atoms with van der Waals surface area (Å²) in [6, 6.07) is 13.9. The van der Waals surface area contributed by atoms with Crippen molar-refractivity contribution >= 4 is 39.3 Å². The second kappa shape index (κ2) is 8.35. The molecule has 3 N–H and O–H groups in total. The molecule has 1 saturated heterocycles. The maximum absolute atomic E-state index is 12.9. The van der Waals surface area contributed by atoms with Crippen LogP contribution in [-0.4, -0.2) is 35.7 Å². The van der Waals surface area contributed by atoms with Gasteiger partial charge in [0.1, 0.15) is 0 Å². The Labute approximate surface area is 165 Å². The van der Waals surface area contributed by atoms with E-state index >= 15 is 0 Å². The highest BCUT2D eigenvalue weighted by atomic mass is 79.9. The van der Waals surface area contributed by atoms with E-state index < -0.39 is 0 Å². The van der Waals surface area contributed by atoms with Gasteiger partial charge in [-0.25, -0.2) is 0 Å². The van der Waals surface area contributed by atoms with Gasteiger partial charge in [0.15, 0.2) is 0 Å². The van der Waals surface area contributed by atoms with Crippen LogP contribution in [0.2, 0.25) is 0 Å². The van der Waals surface area contributed by atoms with Gasteiger partial charge in [0.25, 0.3) is 11.8 Å². The highest BCUT2D eigenvalue weighted by Gasteiger charge is 2.27. The van der Waals surface area contributed by atoms with Gasteiger partial charge in [0.05, 0.1) is 11.3 Å². The number of nitrogens with one attached hydrogen (secondary N) is 1. The monoisotopic (exact) mass is 429 g/mol. The molecule has 1 aliphatic rings. The third kappa shape index (κ3) is 4.54. The molecular weight excluding hydrogens is 410 g/mol. The molecule has 1 fully saturated rings. The number of anilines is 1. The summed E-state index contributed by atoms with van der Waals surface area (Å²) in [6.45, 7) is 0.947. The number of nitrogens with zero attached hydrogens (tertiary/aromatic N) is 1. The lowest BCUT2D eigenvalue weighted by Crippen LogP contribution is -2.42. The molecule has 0 radical (unpaired) electrons. The largest absolute Gasteiger partial charge is 0.369 e. The van der Waals surface area contributed by atoms with Gasteiger partial charge in [-0.1, -0.05) is 28.1 Å². The number of piperidine rings is 1. The van der Waals surface area contributed by atoms with Crippen molar-refractivity contribution in [1.82, 2.24) is 4.90 Å². The second-order valence-corrected chi connectivity index (χ2v) is 7.39. The number of benzene rings is 2. The van der Waals surface area contributed by atoms with Gasteiger partial charge in [0, 0.05) is 29.0 Å². The number of likely N-dealkylation sites (tertiary alicyclic amines) is 1. The molecule has 0 aliphatic carbocycles. The van der Waals surface area contributed by atoms with E-state index in [1.54, 1.807) is 53.4 Å². The van der Waals surface area contributed by atoms with Gasteiger partial charge in [-0.3, -0.25) is 14.4 Å². The molecular formula is C20H20BrN3O3. The predicted molar refractivity (Wildman–Crippen MR) is 106 cm³/mol. The smallest absolute Gasteiger partial charge is 0.255 e. The summed E-state index contributed by atoms with van der Waals surface area (Å²) in [5.74, 6) is -0.939. The van der Waals surface area contributed by atoms with Gasteiger partial charge < -0.3 is 16.0 Å². The summed E-state index contributed by atoms with van der Waals surface area (Å²) in [5.41, 5.74) is 6.75. The molecule has 0 atom stereocenters. The second-order valence-electron chi connectivity index (χ2n) is 6.48. The van der Waals surface area contributed by atoms with E-state index in [0.29, 0.717) is 42.7 Å². The summed E-state index contributed by atoms with van der Waals surface area (Å²) < 4.78 is 0.883. The Morgan fingerprint density at radius 3 is 2.26 bits per heavy atom. The molecule has 1 aliphatic heterocycles. The Balaban J connectivity index is 1.74. The van der Waals surface area contributed by atoms with Crippen molar-refractivity contribution in [2.75, 3.05) is 18.4 Å². The number of rotatable bonds is 4. The van der Waals surface area contributed by atoms with Crippen LogP contribution in [-0.2, 0) is 4.79 Å². The molecule has 0 unspecified atom stereocenters. The van der Waals surface area contributed by atoms with E-state index in [1.807, 2.05) is 0 Å². The van der Waals surface area contributed by atoms with E-state index in [0.717, 1.165) is 4.47 Å². The first kappa shape index (κ1) is 19.1. The number of carbonyl (C=O) groups excluding carboxylic acids is 3. The molecule has 2 aromatic rings. The highest BCUT2D eigenvalue weighted by Crippen LogP contribution is 2.23. The summed E-state index contributed by atoms with van der Waals surface area (Å²) in [6.07, 6.45) is 1.13. The molecule has 0 spiro atoms. The molecule has 0 aromatic heterocycles. The van der Waals surface area contributed by atoms with Crippen LogP contribution in [0.15, 0.2) is 53.0 Å². The summed E-state index contributed by atoms with van der Waals surface area (Å²) in [4.78, 5) is 38.4. The quantitative estimate of drug-likeness (QED) is 0.781. The van der Waals surface area contributed by atoms with Crippen LogP contribution in [0.5, 0.6) is 0 Å². The normalized spacial score (nSPS) is 14.6. The molecule has 0 saturated carbocycles. The lowest BCUT2D eigenvalue weighted by molar-refractivity contribution is -0.123. The van der Waals surface area contributed by atoms with Gasteiger partial charge in [0.2, 0.25) is 5.91 Å². The maximum Gasteiger partial charge on any atom is 0.255 e. The first-order valence-electron chi connectivity index (χ1n) is 8.70. The molecule has 1 heterocycles. The van der Waals surface area contributed by atoms with Crippen LogP contribution >= 0.6 is 15.9 Å². The fraction of sp³-hybridized carbons (Fsp3) is 0.250. The standard InChI is InChI=1S/C20H20BrN3O3/c21-15-7-5-14(6-8-15)19(26)23-17-4-2-1-3-16(17)20(27)24-11-9-13(10-12-24)18(22)25/h1-8,13H,9-12H2,(H2,22,25)(H,23,26). The minimum absolute atomic E-state index is 0.162. The fourth-order valence-electron chi connectivity index (χ4n) is 3.11. The van der Waals surface area contributed by atoms with Crippen LogP contribution in [0, 0.1) is 5.92 Å². The van der Waals surface area contributed by atoms with E-state index in [9.17, 15) is 14.4 Å². The summed E-state index contributed by atoms with van der Waals surface area (Å²) >= 11 is 3.34. The average Bonchev–Trinajstić information content (AvgIpc) is 2.68. The summed E-state index contributed by atoms with van der Waals surface area (Å²) in [5, 5.41) is 2.82. The van der Waals surface area contributed by atoms with Crippen molar-refractivity contribution in [3.63, 3.8) is 0 Å². The zero-order chi connectivity index (χ0) is 19.4. The van der Waals surface area contributed by atoms with Crippen molar-refractivity contribution in [3.8, 4) is 0 Å². The van der Waals surface area contributed by atoms with Crippen LogP contribution in [0.4, 0.5) is 5.69 Å². The Kier molecular flexibility index (Phi) is 5.91. The minimum Gasteiger partial charge on any atom is -0.369 e. The number of hydrogen-bond acceptors (Lipinski definition) is 3. The maximum atomic E-state index is 12.9. The Hall–Kier alpha value is -2.67. The Morgan fingerprint density at radius 1 is 1.00 bits per heavy atom. The van der Waals surface area contributed by atoms with E-state index in [1.165, 1.54) is 0 Å². The first-order chi connectivity index (χ1) is 13.0. The van der Waals surface area contributed by atoms with Crippen LogP contribution < -0.4 is 11.1 Å². The lowest BCUT2D eigenvalue weighted by Gasteiger charge is -2.31. The van der Waals surface area contributed by atoms with Gasteiger partial charge in [-0.15, -0.1) is 0 Å². The molecule has 3 amide bonds. The molecule has 7 heteroatoms. The SMILES string of the molecule is NC(=O)C1CCN(C(=O)c2ccccc2NC(=O)c2ccc(Br)cc2)CC1. The minimum atomic E-state index is -0.315. The van der Waals surface area contributed by atoms with Crippen LogP contribution in [0.1, 0.15) is 33.6 Å². The molecule has 140 valence electrons. The predicted octanol–water partition coefficient (Wildman–Crippen LogP) is 3.04. The first-order valence-corrected chi connectivity index (χ1v) is 9.49.